The largest absolute Gasteiger partial charge is 0.466 e. The van der Waals surface area contributed by atoms with Crippen molar-refractivity contribution in [3.05, 3.63) is 58.5 Å². The molecule has 19 heavy (non-hydrogen) atoms. The predicted octanol–water partition coefficient (Wildman–Crippen LogP) is 2.97. The highest BCUT2D eigenvalue weighted by Gasteiger charge is 2.12. The van der Waals surface area contributed by atoms with Crippen molar-refractivity contribution in [2.45, 2.75) is 20.8 Å². The fourth-order valence-electron chi connectivity index (χ4n) is 1.81. The van der Waals surface area contributed by atoms with Crippen LogP contribution in [0.4, 0.5) is 0 Å². The summed E-state index contributed by atoms with van der Waals surface area (Å²) in [5.41, 5.74) is 5.09. The van der Waals surface area contributed by atoms with E-state index >= 15 is 0 Å². The van der Waals surface area contributed by atoms with Gasteiger partial charge in [0.1, 0.15) is 11.5 Å². The average molecular weight is 256 g/mol. The van der Waals surface area contributed by atoms with Gasteiger partial charge in [0.25, 0.3) is 5.91 Å². The third kappa shape index (κ3) is 3.10. The number of aryl methyl sites for hydroxylation is 3. The van der Waals surface area contributed by atoms with Crippen molar-refractivity contribution in [1.29, 1.82) is 0 Å². The van der Waals surface area contributed by atoms with Gasteiger partial charge in [-0.2, -0.15) is 5.10 Å². The number of carbonyl (C=O) groups excluding carboxylic acids is 1. The van der Waals surface area contributed by atoms with Crippen LogP contribution in [0.1, 0.15) is 33.0 Å². The molecule has 98 valence electrons. The van der Waals surface area contributed by atoms with Gasteiger partial charge >= 0.3 is 0 Å². The minimum atomic E-state index is -0.265. The number of nitrogens with zero attached hydrogens (tertiary/aromatic N) is 1. The maximum atomic E-state index is 11.9. The van der Waals surface area contributed by atoms with E-state index in [4.69, 9.17) is 4.42 Å². The van der Waals surface area contributed by atoms with E-state index in [0.29, 0.717) is 17.1 Å². The summed E-state index contributed by atoms with van der Waals surface area (Å²) in [6, 6.07) is 9.53. The van der Waals surface area contributed by atoms with Crippen LogP contribution < -0.4 is 5.43 Å². The van der Waals surface area contributed by atoms with E-state index in [0.717, 1.165) is 11.1 Å². The minimum absolute atomic E-state index is 0.265. The number of amides is 1. The molecule has 0 aliphatic heterocycles. The smallest absolute Gasteiger partial charge is 0.274 e. The zero-order chi connectivity index (χ0) is 13.8. The van der Waals surface area contributed by atoms with E-state index in [1.807, 2.05) is 31.2 Å². The second kappa shape index (κ2) is 5.52. The Morgan fingerprint density at radius 1 is 1.26 bits per heavy atom. The van der Waals surface area contributed by atoms with Gasteiger partial charge < -0.3 is 4.42 Å². The summed E-state index contributed by atoms with van der Waals surface area (Å²) >= 11 is 0. The molecule has 4 nitrogen and oxygen atoms in total. The van der Waals surface area contributed by atoms with Gasteiger partial charge in [-0.25, -0.2) is 5.43 Å². The number of carbonyl (C=O) groups is 1. The lowest BCUT2D eigenvalue weighted by molar-refractivity contribution is 0.0953. The van der Waals surface area contributed by atoms with E-state index in [9.17, 15) is 4.79 Å². The summed E-state index contributed by atoms with van der Waals surface area (Å²) in [4.78, 5) is 11.9. The van der Waals surface area contributed by atoms with Crippen molar-refractivity contribution in [2.75, 3.05) is 0 Å². The molecule has 0 unspecified atom stereocenters. The minimum Gasteiger partial charge on any atom is -0.466 e. The zero-order valence-corrected chi connectivity index (χ0v) is 11.2. The number of nitrogens with one attached hydrogen (secondary N) is 1. The van der Waals surface area contributed by atoms with Gasteiger partial charge in [0.15, 0.2) is 0 Å². The van der Waals surface area contributed by atoms with E-state index in [1.165, 1.54) is 0 Å². The Balaban J connectivity index is 2.05. The molecule has 1 amide bonds. The molecule has 2 aromatic rings. The van der Waals surface area contributed by atoms with Crippen molar-refractivity contribution in [3.8, 4) is 0 Å². The van der Waals surface area contributed by atoms with Gasteiger partial charge in [0.2, 0.25) is 0 Å². The Morgan fingerprint density at radius 3 is 2.63 bits per heavy atom. The predicted molar refractivity (Wildman–Crippen MR) is 74.4 cm³/mol. The number of hydrogen-bond acceptors (Lipinski definition) is 3. The van der Waals surface area contributed by atoms with Crippen LogP contribution in [0, 0.1) is 20.8 Å². The number of hydrazone groups is 1. The molecule has 0 spiro atoms. The maximum absolute atomic E-state index is 11.9. The van der Waals surface area contributed by atoms with Crippen LogP contribution >= 0.6 is 0 Å². The molecule has 1 aromatic heterocycles. The lowest BCUT2D eigenvalue weighted by atomic mass is 10.1. The van der Waals surface area contributed by atoms with E-state index in [1.54, 1.807) is 26.1 Å². The van der Waals surface area contributed by atoms with Crippen LogP contribution in [0.5, 0.6) is 0 Å². The molecule has 0 atom stereocenters. The fourth-order valence-corrected chi connectivity index (χ4v) is 1.81. The lowest BCUT2D eigenvalue weighted by Gasteiger charge is -1.99. The van der Waals surface area contributed by atoms with Gasteiger partial charge in [-0.3, -0.25) is 4.79 Å². The SMILES string of the molecule is Cc1cc(C(=O)NN=Cc2ccccc2C)c(C)o1. The van der Waals surface area contributed by atoms with Crippen LogP contribution in [0.15, 0.2) is 39.9 Å². The molecule has 0 saturated heterocycles. The molecule has 1 heterocycles. The molecule has 4 heteroatoms. The van der Waals surface area contributed by atoms with E-state index in [2.05, 4.69) is 10.5 Å². The Bertz CT molecular complexity index is 627. The first-order valence-electron chi connectivity index (χ1n) is 6.04. The molecule has 1 aromatic carbocycles. The number of furan rings is 1. The van der Waals surface area contributed by atoms with E-state index in [-0.39, 0.29) is 5.91 Å². The fraction of sp³-hybridized carbons (Fsp3) is 0.200. The van der Waals surface area contributed by atoms with Gasteiger partial charge in [0, 0.05) is 0 Å². The lowest BCUT2D eigenvalue weighted by Crippen LogP contribution is -2.17. The summed E-state index contributed by atoms with van der Waals surface area (Å²) in [5.74, 6) is 1.05. The highest BCUT2D eigenvalue weighted by Crippen LogP contribution is 2.13. The third-order valence-corrected chi connectivity index (χ3v) is 2.84. The first-order chi connectivity index (χ1) is 9.08. The molecular weight excluding hydrogens is 240 g/mol. The van der Waals surface area contributed by atoms with Crippen molar-refractivity contribution in [1.82, 2.24) is 5.43 Å². The summed E-state index contributed by atoms with van der Waals surface area (Å²) < 4.78 is 5.31. The Hall–Kier alpha value is -2.36. The Labute approximate surface area is 112 Å². The molecule has 0 fully saturated rings. The van der Waals surface area contributed by atoms with Crippen molar-refractivity contribution >= 4 is 12.1 Å². The topological polar surface area (TPSA) is 54.6 Å². The summed E-state index contributed by atoms with van der Waals surface area (Å²) in [6.45, 7) is 5.56. The molecule has 0 bridgehead atoms. The molecule has 0 saturated carbocycles. The number of hydrogen-bond donors (Lipinski definition) is 1. The van der Waals surface area contributed by atoms with Crippen molar-refractivity contribution in [3.63, 3.8) is 0 Å². The van der Waals surface area contributed by atoms with Crippen LogP contribution in [0.3, 0.4) is 0 Å². The van der Waals surface area contributed by atoms with Crippen molar-refractivity contribution in [2.24, 2.45) is 5.10 Å². The molecule has 2 rings (SSSR count). The highest BCUT2D eigenvalue weighted by atomic mass is 16.3. The molecule has 0 aliphatic rings. The van der Waals surface area contributed by atoms with Crippen LogP contribution in [0.25, 0.3) is 0 Å². The number of benzene rings is 1. The quantitative estimate of drug-likeness (QED) is 0.678. The van der Waals surface area contributed by atoms with Gasteiger partial charge in [-0.15, -0.1) is 0 Å². The van der Waals surface area contributed by atoms with Crippen molar-refractivity contribution < 1.29 is 9.21 Å². The second-order valence-corrected chi connectivity index (χ2v) is 4.38. The van der Waals surface area contributed by atoms with Crippen LogP contribution in [-0.4, -0.2) is 12.1 Å². The summed E-state index contributed by atoms with van der Waals surface area (Å²) in [5, 5.41) is 3.96. The van der Waals surface area contributed by atoms with Crippen LogP contribution in [-0.2, 0) is 0 Å². The second-order valence-electron chi connectivity index (χ2n) is 4.38. The first kappa shape index (κ1) is 13.1. The molecular formula is C15H16N2O2. The summed E-state index contributed by atoms with van der Waals surface area (Å²) in [7, 11) is 0. The van der Waals surface area contributed by atoms with E-state index < -0.39 is 0 Å². The Morgan fingerprint density at radius 2 is 2.00 bits per heavy atom. The monoisotopic (exact) mass is 256 g/mol. The third-order valence-electron chi connectivity index (χ3n) is 2.84. The molecule has 0 radical (unpaired) electrons. The van der Waals surface area contributed by atoms with Gasteiger partial charge in [0.05, 0.1) is 11.8 Å². The normalized spacial score (nSPS) is 10.9. The van der Waals surface area contributed by atoms with Gasteiger partial charge in [-0.1, -0.05) is 24.3 Å². The zero-order valence-electron chi connectivity index (χ0n) is 11.2. The number of rotatable bonds is 3. The Kier molecular flexibility index (Phi) is 3.80. The highest BCUT2D eigenvalue weighted by molar-refractivity contribution is 5.95. The van der Waals surface area contributed by atoms with Gasteiger partial charge in [-0.05, 0) is 38.0 Å². The maximum Gasteiger partial charge on any atom is 0.274 e. The molecule has 0 aliphatic carbocycles. The summed E-state index contributed by atoms with van der Waals surface area (Å²) in [6.07, 6.45) is 1.63. The average Bonchev–Trinajstić information content (AvgIpc) is 2.71. The first-order valence-corrected chi connectivity index (χ1v) is 6.04. The standard InChI is InChI=1S/C15H16N2O2/c1-10-6-4-5-7-13(10)9-16-17-15(18)14-8-11(2)19-12(14)3/h4-9H,1-3H3,(H,17,18). The van der Waals surface area contributed by atoms with Crippen LogP contribution in [0.2, 0.25) is 0 Å². The molecule has 1 N–H and O–H groups in total.